The van der Waals surface area contributed by atoms with Gasteiger partial charge in [-0.1, -0.05) is 69.2 Å². The number of carbonyl (C=O) groups is 2. The molecule has 0 heterocycles. The maximum Gasteiger partial charge on any atom is 0.226 e. The third kappa shape index (κ3) is 5.49. The Balaban J connectivity index is 0. The SMILES string of the molecule is CNC(=O)C(C)(C(C)C)C(C)C.CNC(=O)C(C)(C(C)C)C(C)C. The van der Waals surface area contributed by atoms with Gasteiger partial charge in [0, 0.05) is 14.1 Å². The molecule has 0 aromatic heterocycles. The predicted molar refractivity (Wildman–Crippen MR) is 104 cm³/mol. The van der Waals surface area contributed by atoms with E-state index >= 15 is 0 Å². The van der Waals surface area contributed by atoms with Crippen LogP contribution in [0.3, 0.4) is 0 Å². The van der Waals surface area contributed by atoms with Gasteiger partial charge < -0.3 is 10.6 Å². The monoisotopic (exact) mass is 342 g/mol. The highest BCUT2D eigenvalue weighted by Crippen LogP contribution is 2.36. The van der Waals surface area contributed by atoms with Gasteiger partial charge in [0.05, 0.1) is 10.8 Å². The maximum absolute atomic E-state index is 11.6. The summed E-state index contributed by atoms with van der Waals surface area (Å²) < 4.78 is 0. The third-order valence-electron chi connectivity index (χ3n) is 6.23. The quantitative estimate of drug-likeness (QED) is 0.763. The zero-order valence-electron chi connectivity index (χ0n) is 18.1. The largest absolute Gasteiger partial charge is 0.359 e. The topological polar surface area (TPSA) is 58.2 Å². The standard InChI is InChI=1S/2C10H21NO/c2*1-7(2)10(5,8(3)4)9(12)11-6/h2*7-8H,1-6H3,(H,11,12). The maximum atomic E-state index is 11.6. The normalized spacial score (nSPS) is 12.3. The van der Waals surface area contributed by atoms with Crippen molar-refractivity contribution in [3.8, 4) is 0 Å². The molecule has 0 radical (unpaired) electrons. The van der Waals surface area contributed by atoms with Gasteiger partial charge in [0.1, 0.15) is 0 Å². The van der Waals surface area contributed by atoms with Crippen molar-refractivity contribution in [2.75, 3.05) is 14.1 Å². The number of rotatable bonds is 6. The van der Waals surface area contributed by atoms with E-state index in [0.29, 0.717) is 23.7 Å². The summed E-state index contributed by atoms with van der Waals surface area (Å²) in [6, 6.07) is 0. The van der Waals surface area contributed by atoms with Crippen molar-refractivity contribution in [1.29, 1.82) is 0 Å². The lowest BCUT2D eigenvalue weighted by Crippen LogP contribution is -2.44. The molecule has 24 heavy (non-hydrogen) atoms. The summed E-state index contributed by atoms with van der Waals surface area (Å²) in [7, 11) is 3.40. The average Bonchev–Trinajstić information content (AvgIpc) is 2.50. The van der Waals surface area contributed by atoms with Gasteiger partial charge in [0.15, 0.2) is 0 Å². The minimum atomic E-state index is -0.241. The van der Waals surface area contributed by atoms with Crippen LogP contribution in [0.2, 0.25) is 0 Å². The molecule has 0 saturated carbocycles. The molecule has 2 N–H and O–H groups in total. The Morgan fingerprint density at radius 3 is 0.792 bits per heavy atom. The lowest BCUT2D eigenvalue weighted by Gasteiger charge is -2.35. The number of hydrogen-bond acceptors (Lipinski definition) is 2. The van der Waals surface area contributed by atoms with Crippen LogP contribution in [0.4, 0.5) is 0 Å². The molecule has 0 rings (SSSR count). The van der Waals surface area contributed by atoms with Gasteiger partial charge in [-0.05, 0) is 23.7 Å². The predicted octanol–water partition coefficient (Wildman–Crippen LogP) is 4.10. The molecule has 0 fully saturated rings. The Kier molecular flexibility index (Phi) is 10.5. The van der Waals surface area contributed by atoms with Crippen molar-refractivity contribution in [2.45, 2.75) is 69.2 Å². The molecular weight excluding hydrogens is 300 g/mol. The van der Waals surface area contributed by atoms with Gasteiger partial charge in [0.2, 0.25) is 11.8 Å². The second kappa shape index (κ2) is 10.0. The highest BCUT2D eigenvalue weighted by atomic mass is 16.2. The van der Waals surface area contributed by atoms with Crippen LogP contribution >= 0.6 is 0 Å². The summed E-state index contributed by atoms with van der Waals surface area (Å²) in [5.41, 5.74) is -0.483. The van der Waals surface area contributed by atoms with Gasteiger partial charge in [-0.3, -0.25) is 9.59 Å². The second-order valence-electron chi connectivity index (χ2n) is 8.34. The van der Waals surface area contributed by atoms with Gasteiger partial charge in [-0.25, -0.2) is 0 Å². The molecule has 0 bridgehead atoms. The molecule has 4 nitrogen and oxygen atoms in total. The van der Waals surface area contributed by atoms with Crippen molar-refractivity contribution < 1.29 is 9.59 Å². The second-order valence-corrected chi connectivity index (χ2v) is 8.34. The minimum Gasteiger partial charge on any atom is -0.359 e. The molecule has 0 atom stereocenters. The number of nitrogens with one attached hydrogen (secondary N) is 2. The van der Waals surface area contributed by atoms with Crippen LogP contribution in [0.25, 0.3) is 0 Å². The van der Waals surface area contributed by atoms with Gasteiger partial charge >= 0.3 is 0 Å². The summed E-state index contributed by atoms with van der Waals surface area (Å²) in [6.45, 7) is 20.8. The Bertz CT molecular complexity index is 344. The summed E-state index contributed by atoms with van der Waals surface area (Å²) >= 11 is 0. The zero-order valence-corrected chi connectivity index (χ0v) is 18.1. The van der Waals surface area contributed by atoms with E-state index in [4.69, 9.17) is 0 Å². The molecule has 0 aliphatic rings. The van der Waals surface area contributed by atoms with E-state index in [9.17, 15) is 9.59 Å². The molecular formula is C20H42N2O2. The molecule has 2 amide bonds. The average molecular weight is 343 g/mol. The summed E-state index contributed by atoms with van der Waals surface area (Å²) in [4.78, 5) is 23.2. The number of carbonyl (C=O) groups excluding carboxylic acids is 2. The van der Waals surface area contributed by atoms with E-state index in [1.54, 1.807) is 14.1 Å². The van der Waals surface area contributed by atoms with E-state index in [-0.39, 0.29) is 22.6 Å². The molecule has 0 spiro atoms. The van der Waals surface area contributed by atoms with E-state index < -0.39 is 0 Å². The van der Waals surface area contributed by atoms with E-state index in [1.807, 2.05) is 13.8 Å². The van der Waals surface area contributed by atoms with E-state index in [0.717, 1.165) is 0 Å². The van der Waals surface area contributed by atoms with Crippen molar-refractivity contribution in [3.63, 3.8) is 0 Å². The van der Waals surface area contributed by atoms with Crippen molar-refractivity contribution >= 4 is 11.8 Å². The minimum absolute atomic E-state index is 0.146. The van der Waals surface area contributed by atoms with Gasteiger partial charge in [0.25, 0.3) is 0 Å². The van der Waals surface area contributed by atoms with Crippen LogP contribution in [0.1, 0.15) is 69.2 Å². The highest BCUT2D eigenvalue weighted by molar-refractivity contribution is 5.82. The first-order valence-electron chi connectivity index (χ1n) is 9.18. The van der Waals surface area contributed by atoms with E-state index in [1.165, 1.54) is 0 Å². The number of hydrogen-bond donors (Lipinski definition) is 2. The summed E-state index contributed by atoms with van der Waals surface area (Å²) in [5.74, 6) is 1.78. The fraction of sp³-hybridized carbons (Fsp3) is 0.900. The highest BCUT2D eigenvalue weighted by Gasteiger charge is 2.39. The van der Waals surface area contributed by atoms with Crippen molar-refractivity contribution in [2.24, 2.45) is 34.5 Å². The fourth-order valence-corrected chi connectivity index (χ4v) is 2.92. The molecule has 144 valence electrons. The molecule has 0 aromatic carbocycles. The first-order chi connectivity index (χ1) is 10.7. The fourth-order valence-electron chi connectivity index (χ4n) is 2.92. The lowest BCUT2D eigenvalue weighted by atomic mass is 9.70. The Hall–Kier alpha value is -1.06. The Morgan fingerprint density at radius 2 is 0.750 bits per heavy atom. The molecule has 0 saturated heterocycles. The van der Waals surface area contributed by atoms with Crippen LogP contribution in [-0.2, 0) is 9.59 Å². The number of amides is 2. The van der Waals surface area contributed by atoms with Gasteiger partial charge in [-0.15, -0.1) is 0 Å². The zero-order chi connectivity index (χ0) is 19.9. The van der Waals surface area contributed by atoms with Gasteiger partial charge in [-0.2, -0.15) is 0 Å². The Labute approximate surface area is 150 Å². The molecule has 0 aromatic rings. The molecule has 0 aliphatic carbocycles. The van der Waals surface area contributed by atoms with E-state index in [2.05, 4.69) is 66.0 Å². The van der Waals surface area contributed by atoms with Crippen LogP contribution < -0.4 is 10.6 Å². The molecule has 4 heteroatoms. The molecule has 0 aliphatic heterocycles. The first kappa shape index (κ1) is 25.2. The van der Waals surface area contributed by atoms with Crippen LogP contribution in [0.5, 0.6) is 0 Å². The van der Waals surface area contributed by atoms with Crippen molar-refractivity contribution in [3.05, 3.63) is 0 Å². The summed E-state index contributed by atoms with van der Waals surface area (Å²) in [6.07, 6.45) is 0. The summed E-state index contributed by atoms with van der Waals surface area (Å²) in [5, 5.41) is 5.46. The van der Waals surface area contributed by atoms with Crippen LogP contribution in [0.15, 0.2) is 0 Å². The third-order valence-corrected chi connectivity index (χ3v) is 6.23. The Morgan fingerprint density at radius 1 is 0.583 bits per heavy atom. The van der Waals surface area contributed by atoms with Crippen molar-refractivity contribution in [1.82, 2.24) is 10.6 Å². The molecule has 0 unspecified atom stereocenters. The first-order valence-corrected chi connectivity index (χ1v) is 9.18. The smallest absolute Gasteiger partial charge is 0.226 e. The van der Waals surface area contributed by atoms with Crippen LogP contribution in [-0.4, -0.2) is 25.9 Å². The van der Waals surface area contributed by atoms with Crippen LogP contribution in [0, 0.1) is 34.5 Å². The lowest BCUT2D eigenvalue weighted by molar-refractivity contribution is -0.135.